The molecule has 7 heteroatoms. The molecule has 1 aromatic rings. The van der Waals surface area contributed by atoms with Crippen molar-refractivity contribution in [3.05, 3.63) is 11.8 Å². The molecule has 0 unspecified atom stereocenters. The second-order valence-corrected chi connectivity index (χ2v) is 2.40. The summed E-state index contributed by atoms with van der Waals surface area (Å²) in [6.45, 7) is 0.551. The number of ether oxygens (including phenoxy) is 1. The van der Waals surface area contributed by atoms with Gasteiger partial charge in [0.1, 0.15) is 0 Å². The maximum absolute atomic E-state index is 11.3. The molecule has 1 aliphatic heterocycles. The van der Waals surface area contributed by atoms with E-state index in [0.29, 0.717) is 12.4 Å². The summed E-state index contributed by atoms with van der Waals surface area (Å²) in [6, 6.07) is 0. The van der Waals surface area contributed by atoms with Crippen LogP contribution in [0.2, 0.25) is 0 Å². The number of amides is 1. The molecule has 0 fully saturated rings. The van der Waals surface area contributed by atoms with E-state index in [1.54, 1.807) is 6.08 Å². The fourth-order valence-corrected chi connectivity index (χ4v) is 0.954. The third kappa shape index (κ3) is 1.63. The molecule has 0 bridgehead atoms. The normalized spacial score (nSPS) is 14.9. The molecule has 0 saturated heterocycles. The van der Waals surface area contributed by atoms with Crippen LogP contribution in [0.5, 0.6) is 0 Å². The van der Waals surface area contributed by atoms with Gasteiger partial charge in [-0.1, -0.05) is 5.10 Å². The molecule has 0 atom stereocenters. The van der Waals surface area contributed by atoms with Gasteiger partial charge in [0.2, 0.25) is 0 Å². The minimum Gasteiger partial charge on any atom is -0.488 e. The van der Waals surface area contributed by atoms with Crippen molar-refractivity contribution < 1.29 is 9.53 Å². The van der Waals surface area contributed by atoms with Crippen LogP contribution in [0.4, 0.5) is 5.95 Å². The predicted molar refractivity (Wildman–Crippen MR) is 41.5 cm³/mol. The van der Waals surface area contributed by atoms with Crippen LogP contribution in [0.25, 0.3) is 0 Å². The summed E-state index contributed by atoms with van der Waals surface area (Å²) >= 11 is 0. The minimum atomic E-state index is -0.348. The largest absolute Gasteiger partial charge is 0.488 e. The molecule has 0 aromatic carbocycles. The zero-order chi connectivity index (χ0) is 9.10. The van der Waals surface area contributed by atoms with Crippen LogP contribution in [-0.4, -0.2) is 33.1 Å². The predicted octanol–water partition coefficient (Wildman–Crippen LogP) is -0.558. The number of aromatic nitrogens is 4. The summed E-state index contributed by atoms with van der Waals surface area (Å²) < 4.78 is 5.03. The van der Waals surface area contributed by atoms with Crippen molar-refractivity contribution in [3.8, 4) is 0 Å². The monoisotopic (exact) mass is 181 g/mol. The number of carbonyl (C=O) groups is 1. The number of carbonyl (C=O) groups excluding carboxylic acids is 1. The number of hydrogen-bond donors (Lipinski definition) is 2. The Labute approximate surface area is 73.2 Å². The maximum Gasteiger partial charge on any atom is 0.292 e. The molecule has 0 radical (unpaired) electrons. The topological polar surface area (TPSA) is 92.8 Å². The van der Waals surface area contributed by atoms with Crippen LogP contribution in [0.1, 0.15) is 6.42 Å². The fourth-order valence-electron chi connectivity index (χ4n) is 0.954. The lowest BCUT2D eigenvalue weighted by molar-refractivity contribution is -0.115. The summed E-state index contributed by atoms with van der Waals surface area (Å²) in [5.41, 5.74) is 0. The van der Waals surface area contributed by atoms with Crippen LogP contribution < -0.4 is 5.32 Å². The van der Waals surface area contributed by atoms with Gasteiger partial charge in [0.25, 0.3) is 11.9 Å². The van der Waals surface area contributed by atoms with E-state index in [0.717, 1.165) is 6.42 Å². The molecule has 1 amide bonds. The first kappa shape index (κ1) is 7.71. The SMILES string of the molecule is O=C(Nc1nn[nH]n1)C1=CCCO1. The maximum atomic E-state index is 11.3. The van der Waals surface area contributed by atoms with E-state index < -0.39 is 0 Å². The van der Waals surface area contributed by atoms with Crippen molar-refractivity contribution in [2.45, 2.75) is 6.42 Å². The first-order valence-electron chi connectivity index (χ1n) is 3.74. The Kier molecular flexibility index (Phi) is 1.91. The lowest BCUT2D eigenvalue weighted by Gasteiger charge is -2.00. The van der Waals surface area contributed by atoms with Gasteiger partial charge in [0.15, 0.2) is 5.76 Å². The molecule has 2 N–H and O–H groups in total. The van der Waals surface area contributed by atoms with E-state index in [1.165, 1.54) is 0 Å². The second-order valence-electron chi connectivity index (χ2n) is 2.40. The summed E-state index contributed by atoms with van der Waals surface area (Å²) in [6.07, 6.45) is 2.48. The van der Waals surface area contributed by atoms with Crippen molar-refractivity contribution in [2.75, 3.05) is 11.9 Å². The van der Waals surface area contributed by atoms with E-state index in [2.05, 4.69) is 25.9 Å². The third-order valence-corrected chi connectivity index (χ3v) is 1.50. The van der Waals surface area contributed by atoms with Gasteiger partial charge in [-0.2, -0.15) is 5.21 Å². The molecule has 0 spiro atoms. The number of H-pyrrole nitrogens is 1. The highest BCUT2D eigenvalue weighted by Crippen LogP contribution is 2.10. The zero-order valence-electron chi connectivity index (χ0n) is 6.65. The number of aromatic amines is 1. The smallest absolute Gasteiger partial charge is 0.292 e. The highest BCUT2D eigenvalue weighted by molar-refractivity contribution is 6.01. The number of anilines is 1. The second kappa shape index (κ2) is 3.21. The number of nitrogens with zero attached hydrogens (tertiary/aromatic N) is 3. The van der Waals surface area contributed by atoms with Gasteiger partial charge in [-0.15, -0.1) is 5.10 Å². The van der Waals surface area contributed by atoms with Gasteiger partial charge in [0, 0.05) is 6.42 Å². The van der Waals surface area contributed by atoms with Gasteiger partial charge in [-0.25, -0.2) is 0 Å². The van der Waals surface area contributed by atoms with Crippen molar-refractivity contribution >= 4 is 11.9 Å². The van der Waals surface area contributed by atoms with Crippen LogP contribution in [-0.2, 0) is 9.53 Å². The van der Waals surface area contributed by atoms with Gasteiger partial charge in [-0.3, -0.25) is 10.1 Å². The van der Waals surface area contributed by atoms with Crippen molar-refractivity contribution in [2.24, 2.45) is 0 Å². The Balaban J connectivity index is 1.99. The summed E-state index contributed by atoms with van der Waals surface area (Å²) in [5, 5.41) is 15.1. The van der Waals surface area contributed by atoms with Crippen LogP contribution >= 0.6 is 0 Å². The molecular weight excluding hydrogens is 174 g/mol. The van der Waals surface area contributed by atoms with E-state index in [-0.39, 0.29) is 11.9 Å². The molecule has 68 valence electrons. The minimum absolute atomic E-state index is 0.140. The zero-order valence-corrected chi connectivity index (χ0v) is 6.65. The molecule has 2 heterocycles. The highest BCUT2D eigenvalue weighted by Gasteiger charge is 2.16. The molecule has 13 heavy (non-hydrogen) atoms. The Morgan fingerprint density at radius 3 is 3.23 bits per heavy atom. The quantitative estimate of drug-likeness (QED) is 0.638. The Morgan fingerprint density at radius 1 is 1.69 bits per heavy atom. The summed E-state index contributed by atoms with van der Waals surface area (Å²) in [7, 11) is 0. The first-order valence-corrected chi connectivity index (χ1v) is 3.74. The van der Waals surface area contributed by atoms with E-state index in [4.69, 9.17) is 4.74 Å². The number of tetrazole rings is 1. The summed E-state index contributed by atoms with van der Waals surface area (Å²) in [4.78, 5) is 11.3. The fraction of sp³-hybridized carbons (Fsp3) is 0.333. The van der Waals surface area contributed by atoms with E-state index in [9.17, 15) is 4.79 Å². The average molecular weight is 181 g/mol. The standard InChI is InChI=1S/C6H7N5O2/c12-5(4-2-1-3-13-4)7-6-8-10-11-9-6/h2H,1,3H2,(H2,7,8,9,10,11,12). The Hall–Kier alpha value is -1.92. The van der Waals surface area contributed by atoms with Crippen molar-refractivity contribution in [1.29, 1.82) is 0 Å². The van der Waals surface area contributed by atoms with Gasteiger partial charge in [0.05, 0.1) is 6.61 Å². The highest BCUT2D eigenvalue weighted by atomic mass is 16.5. The Bertz CT molecular complexity index is 331. The first-order chi connectivity index (χ1) is 6.36. The van der Waals surface area contributed by atoms with Gasteiger partial charge in [-0.05, 0) is 11.3 Å². The van der Waals surface area contributed by atoms with Crippen molar-refractivity contribution in [3.63, 3.8) is 0 Å². The summed E-state index contributed by atoms with van der Waals surface area (Å²) in [5.74, 6) is 0.102. The van der Waals surface area contributed by atoms with E-state index >= 15 is 0 Å². The molecule has 1 aromatic heterocycles. The number of hydrogen-bond acceptors (Lipinski definition) is 5. The molecule has 2 rings (SSSR count). The number of nitrogens with one attached hydrogen (secondary N) is 2. The molecule has 7 nitrogen and oxygen atoms in total. The third-order valence-electron chi connectivity index (χ3n) is 1.50. The van der Waals surface area contributed by atoms with E-state index in [1.807, 2.05) is 0 Å². The van der Waals surface area contributed by atoms with Crippen molar-refractivity contribution in [1.82, 2.24) is 20.6 Å². The average Bonchev–Trinajstić information content (AvgIpc) is 2.74. The van der Waals surface area contributed by atoms with Crippen LogP contribution in [0, 0.1) is 0 Å². The van der Waals surface area contributed by atoms with Crippen LogP contribution in [0.15, 0.2) is 11.8 Å². The van der Waals surface area contributed by atoms with Gasteiger partial charge < -0.3 is 4.74 Å². The molecule has 0 aliphatic carbocycles. The lowest BCUT2D eigenvalue weighted by atomic mass is 10.4. The molecule has 1 aliphatic rings. The van der Waals surface area contributed by atoms with Gasteiger partial charge >= 0.3 is 0 Å². The van der Waals surface area contributed by atoms with Crippen LogP contribution in [0.3, 0.4) is 0 Å². The molecule has 0 saturated carbocycles. The lowest BCUT2D eigenvalue weighted by Crippen LogP contribution is -2.15. The number of rotatable bonds is 2. The molecular formula is C6H7N5O2. The Morgan fingerprint density at radius 2 is 2.62 bits per heavy atom.